The van der Waals surface area contributed by atoms with Gasteiger partial charge in [-0.2, -0.15) is 13.2 Å². The minimum absolute atomic E-state index is 0.0350. The van der Waals surface area contributed by atoms with Gasteiger partial charge in [0.2, 0.25) is 10.1 Å². The van der Waals surface area contributed by atoms with Gasteiger partial charge >= 0.3 is 6.18 Å². The summed E-state index contributed by atoms with van der Waals surface area (Å²) < 4.78 is 49.7. The molecule has 3 nitrogen and oxygen atoms in total. The van der Waals surface area contributed by atoms with Crippen LogP contribution in [0.1, 0.15) is 10.6 Å². The van der Waals surface area contributed by atoms with E-state index in [-0.39, 0.29) is 16.7 Å². The van der Waals surface area contributed by atoms with Gasteiger partial charge < -0.3 is 5.32 Å². The number of nitrogens with zero attached hydrogens (tertiary/aromatic N) is 2. The average molecular weight is 312 g/mol. The summed E-state index contributed by atoms with van der Waals surface area (Å²) in [7, 11) is 0. The lowest BCUT2D eigenvalue weighted by Gasteiger charge is -2.03. The van der Waals surface area contributed by atoms with Crippen molar-refractivity contribution in [1.82, 2.24) is 10.2 Å². The van der Waals surface area contributed by atoms with Gasteiger partial charge in [-0.15, -0.1) is 10.2 Å². The van der Waals surface area contributed by atoms with Crippen molar-refractivity contribution in [3.63, 3.8) is 0 Å². The molecule has 0 bridgehead atoms. The molecule has 0 unspecified atom stereocenters. The van der Waals surface area contributed by atoms with Gasteiger partial charge in [-0.05, 0) is 17.7 Å². The van der Waals surface area contributed by atoms with Gasteiger partial charge in [-0.1, -0.05) is 29.0 Å². The molecule has 1 heterocycles. The largest absolute Gasteiger partial charge is 0.445 e. The van der Waals surface area contributed by atoms with E-state index in [9.17, 15) is 17.6 Å². The van der Waals surface area contributed by atoms with Crippen molar-refractivity contribution < 1.29 is 17.6 Å². The molecule has 0 aliphatic heterocycles. The van der Waals surface area contributed by atoms with E-state index < -0.39 is 17.0 Å². The monoisotopic (exact) mass is 311 g/mol. The summed E-state index contributed by atoms with van der Waals surface area (Å²) in [5.74, 6) is -0.555. The standard InChI is InChI=1S/C10H6ClF4N3S/c11-6-3-5(1-2-7(6)12)4-16-9-18-17-8(19-9)10(13,14)15/h1-3H,4H2,(H,16,18). The number of hydrogen-bond donors (Lipinski definition) is 1. The highest BCUT2D eigenvalue weighted by molar-refractivity contribution is 7.15. The number of rotatable bonds is 3. The molecule has 2 rings (SSSR count). The molecular weight excluding hydrogens is 306 g/mol. The van der Waals surface area contributed by atoms with Crippen LogP contribution in [-0.2, 0) is 12.7 Å². The van der Waals surface area contributed by atoms with Crippen molar-refractivity contribution in [1.29, 1.82) is 0 Å². The van der Waals surface area contributed by atoms with Gasteiger partial charge in [0.25, 0.3) is 0 Å². The van der Waals surface area contributed by atoms with Crippen LogP contribution in [0, 0.1) is 5.82 Å². The molecule has 9 heteroatoms. The van der Waals surface area contributed by atoms with Crippen molar-refractivity contribution in [2.75, 3.05) is 5.32 Å². The van der Waals surface area contributed by atoms with Gasteiger partial charge in [0, 0.05) is 6.54 Å². The summed E-state index contributed by atoms with van der Waals surface area (Å²) in [6, 6.07) is 4.04. The molecule has 1 N–H and O–H groups in total. The number of alkyl halides is 3. The van der Waals surface area contributed by atoms with E-state index in [2.05, 4.69) is 15.5 Å². The van der Waals surface area contributed by atoms with E-state index >= 15 is 0 Å². The Morgan fingerprint density at radius 3 is 2.58 bits per heavy atom. The second-order valence-corrected chi connectivity index (χ2v) is 4.90. The predicted octanol–water partition coefficient (Wildman–Crippen LogP) is 3.96. The predicted molar refractivity (Wildman–Crippen MR) is 63.6 cm³/mol. The van der Waals surface area contributed by atoms with E-state index in [0.29, 0.717) is 16.9 Å². The first-order valence-electron chi connectivity index (χ1n) is 4.95. The molecule has 1 aromatic heterocycles. The van der Waals surface area contributed by atoms with Gasteiger partial charge in [0.05, 0.1) is 5.02 Å². The van der Waals surface area contributed by atoms with Crippen LogP contribution in [0.4, 0.5) is 22.7 Å². The second-order valence-electron chi connectivity index (χ2n) is 3.51. The molecule has 0 aliphatic carbocycles. The van der Waals surface area contributed by atoms with E-state index in [4.69, 9.17) is 11.6 Å². The Morgan fingerprint density at radius 1 is 1.26 bits per heavy atom. The summed E-state index contributed by atoms with van der Waals surface area (Å²) in [4.78, 5) is 0. The topological polar surface area (TPSA) is 37.8 Å². The average Bonchev–Trinajstić information content (AvgIpc) is 2.79. The zero-order valence-electron chi connectivity index (χ0n) is 9.13. The third kappa shape index (κ3) is 3.54. The Bertz CT molecular complexity index is 584. The number of hydrogen-bond acceptors (Lipinski definition) is 4. The van der Waals surface area contributed by atoms with E-state index in [1.807, 2.05) is 0 Å². The Morgan fingerprint density at radius 2 is 2.00 bits per heavy atom. The first-order valence-corrected chi connectivity index (χ1v) is 6.14. The van der Waals surface area contributed by atoms with Gasteiger partial charge in [0.1, 0.15) is 5.82 Å². The SMILES string of the molecule is Fc1ccc(CNc2nnc(C(F)(F)F)s2)cc1Cl. The Labute approximate surface area is 114 Å². The molecule has 102 valence electrons. The van der Waals surface area contributed by atoms with Crippen LogP contribution >= 0.6 is 22.9 Å². The maximum atomic E-state index is 12.9. The second kappa shape index (κ2) is 5.30. The summed E-state index contributed by atoms with van der Waals surface area (Å²) in [6.45, 7) is 0.173. The summed E-state index contributed by atoms with van der Waals surface area (Å²) in [5.41, 5.74) is 0.621. The Kier molecular flexibility index (Phi) is 3.91. The molecular formula is C10H6ClF4N3S. The molecule has 0 spiro atoms. The fraction of sp³-hybridized carbons (Fsp3) is 0.200. The third-order valence-corrected chi connectivity index (χ3v) is 3.31. The molecule has 1 aromatic carbocycles. The van der Waals surface area contributed by atoms with Crippen LogP contribution in [0.3, 0.4) is 0 Å². The fourth-order valence-electron chi connectivity index (χ4n) is 1.24. The highest BCUT2D eigenvalue weighted by atomic mass is 35.5. The number of nitrogens with one attached hydrogen (secondary N) is 1. The van der Waals surface area contributed by atoms with Crippen LogP contribution < -0.4 is 5.32 Å². The third-order valence-electron chi connectivity index (χ3n) is 2.10. The number of benzene rings is 1. The van der Waals surface area contributed by atoms with Gasteiger partial charge in [-0.3, -0.25) is 0 Å². The first-order chi connectivity index (χ1) is 8.86. The summed E-state index contributed by atoms with van der Waals surface area (Å²) in [5, 5.41) is 8.02. The smallest absolute Gasteiger partial charge is 0.356 e. The van der Waals surface area contributed by atoms with Crippen molar-refractivity contribution in [2.45, 2.75) is 12.7 Å². The van der Waals surface area contributed by atoms with Crippen LogP contribution in [0.15, 0.2) is 18.2 Å². The van der Waals surface area contributed by atoms with Crippen LogP contribution in [0.25, 0.3) is 0 Å². The van der Waals surface area contributed by atoms with Crippen molar-refractivity contribution in [3.05, 3.63) is 39.6 Å². The summed E-state index contributed by atoms with van der Waals surface area (Å²) in [6.07, 6.45) is -4.50. The molecule has 0 saturated carbocycles. The Balaban J connectivity index is 2.02. The number of aromatic nitrogens is 2. The van der Waals surface area contributed by atoms with Crippen molar-refractivity contribution in [2.24, 2.45) is 0 Å². The van der Waals surface area contributed by atoms with E-state index in [1.165, 1.54) is 18.2 Å². The molecule has 2 aromatic rings. The van der Waals surface area contributed by atoms with Crippen LogP contribution in [0.5, 0.6) is 0 Å². The number of anilines is 1. The van der Waals surface area contributed by atoms with Gasteiger partial charge in [-0.25, -0.2) is 4.39 Å². The lowest BCUT2D eigenvalue weighted by Crippen LogP contribution is -2.03. The number of halogens is 5. The zero-order chi connectivity index (χ0) is 14.0. The fourth-order valence-corrected chi connectivity index (χ4v) is 2.05. The molecule has 0 radical (unpaired) electrons. The minimum atomic E-state index is -4.50. The highest BCUT2D eigenvalue weighted by Gasteiger charge is 2.35. The maximum absolute atomic E-state index is 12.9. The molecule has 0 saturated heterocycles. The van der Waals surface area contributed by atoms with Crippen LogP contribution in [-0.4, -0.2) is 10.2 Å². The van der Waals surface area contributed by atoms with Gasteiger partial charge in [0.15, 0.2) is 0 Å². The van der Waals surface area contributed by atoms with Crippen molar-refractivity contribution in [3.8, 4) is 0 Å². The minimum Gasteiger partial charge on any atom is -0.356 e. The summed E-state index contributed by atoms with van der Waals surface area (Å²) >= 11 is 5.98. The van der Waals surface area contributed by atoms with E-state index in [0.717, 1.165) is 0 Å². The Hall–Kier alpha value is -1.41. The molecule has 0 fully saturated rings. The van der Waals surface area contributed by atoms with Crippen molar-refractivity contribution >= 4 is 28.1 Å². The molecule has 0 aliphatic rings. The maximum Gasteiger partial charge on any atom is 0.445 e. The molecule has 0 atom stereocenters. The molecule has 0 amide bonds. The van der Waals surface area contributed by atoms with E-state index in [1.54, 1.807) is 0 Å². The lowest BCUT2D eigenvalue weighted by atomic mass is 10.2. The molecule has 19 heavy (non-hydrogen) atoms. The van der Waals surface area contributed by atoms with Crippen LogP contribution in [0.2, 0.25) is 5.02 Å². The normalized spacial score (nSPS) is 11.6. The zero-order valence-corrected chi connectivity index (χ0v) is 10.7. The lowest BCUT2D eigenvalue weighted by molar-refractivity contribution is -0.138. The quantitative estimate of drug-likeness (QED) is 0.872. The highest BCUT2D eigenvalue weighted by Crippen LogP contribution is 2.33. The first kappa shape index (κ1) is 14.0.